The number of pyridine rings is 1. The first-order valence-electron chi connectivity index (χ1n) is 7.45. The number of rotatable bonds is 6. The molecule has 0 fully saturated rings. The first-order valence-corrected chi connectivity index (χ1v) is 7.45. The maximum Gasteiger partial charge on any atom is 0.416 e. The van der Waals surface area contributed by atoms with Crippen molar-refractivity contribution >= 4 is 11.4 Å². The molecule has 0 saturated carbocycles. The molecule has 2 rings (SSSR count). The zero-order valence-corrected chi connectivity index (χ0v) is 13.0. The van der Waals surface area contributed by atoms with Crippen LogP contribution in [0.5, 0.6) is 0 Å². The van der Waals surface area contributed by atoms with Gasteiger partial charge in [0.15, 0.2) is 0 Å². The molecule has 0 aliphatic carbocycles. The SMILES string of the molecule is CCOC(CC)c1ccc(Nc2cccc(C(F)(F)F)c2)cn1. The standard InChI is InChI=1S/C17H19F3N2O/c1-3-16(23-4-2)15-9-8-14(11-21-15)22-13-7-5-6-12(10-13)17(18,19)20/h5-11,16,22H,3-4H2,1-2H3. The van der Waals surface area contributed by atoms with Gasteiger partial charge in [0.2, 0.25) is 0 Å². The van der Waals surface area contributed by atoms with E-state index in [0.29, 0.717) is 18.0 Å². The van der Waals surface area contributed by atoms with Gasteiger partial charge >= 0.3 is 6.18 Å². The molecule has 2 aromatic rings. The lowest BCUT2D eigenvalue weighted by atomic mass is 10.1. The van der Waals surface area contributed by atoms with Gasteiger partial charge in [0.25, 0.3) is 0 Å². The van der Waals surface area contributed by atoms with Gasteiger partial charge < -0.3 is 10.1 Å². The highest BCUT2D eigenvalue weighted by Gasteiger charge is 2.30. The summed E-state index contributed by atoms with van der Waals surface area (Å²) in [7, 11) is 0. The summed E-state index contributed by atoms with van der Waals surface area (Å²) in [6, 6.07) is 8.67. The van der Waals surface area contributed by atoms with Gasteiger partial charge in [-0.2, -0.15) is 13.2 Å². The van der Waals surface area contributed by atoms with Crippen molar-refractivity contribution in [1.29, 1.82) is 0 Å². The average molecular weight is 324 g/mol. The van der Waals surface area contributed by atoms with Crippen LogP contribution in [0.15, 0.2) is 42.6 Å². The van der Waals surface area contributed by atoms with Gasteiger partial charge in [-0.3, -0.25) is 4.98 Å². The Morgan fingerprint density at radius 2 is 1.91 bits per heavy atom. The van der Waals surface area contributed by atoms with Crippen LogP contribution in [-0.4, -0.2) is 11.6 Å². The molecule has 1 unspecified atom stereocenters. The van der Waals surface area contributed by atoms with Gasteiger partial charge in [0.1, 0.15) is 0 Å². The van der Waals surface area contributed by atoms with Gasteiger partial charge in [-0.25, -0.2) is 0 Å². The van der Waals surface area contributed by atoms with Crippen LogP contribution in [-0.2, 0) is 10.9 Å². The van der Waals surface area contributed by atoms with Gasteiger partial charge in [-0.1, -0.05) is 13.0 Å². The van der Waals surface area contributed by atoms with Crippen molar-refractivity contribution in [2.75, 3.05) is 11.9 Å². The Labute approximate surface area is 133 Å². The predicted octanol–water partition coefficient (Wildman–Crippen LogP) is 5.33. The molecule has 0 bridgehead atoms. The number of alkyl halides is 3. The molecule has 1 heterocycles. The average Bonchev–Trinajstić information content (AvgIpc) is 2.53. The van der Waals surface area contributed by atoms with E-state index < -0.39 is 11.7 Å². The highest BCUT2D eigenvalue weighted by Crippen LogP contribution is 2.31. The zero-order valence-electron chi connectivity index (χ0n) is 13.0. The van der Waals surface area contributed by atoms with Crippen molar-refractivity contribution in [3.8, 4) is 0 Å². The summed E-state index contributed by atoms with van der Waals surface area (Å²) in [5, 5.41) is 2.93. The first kappa shape index (κ1) is 17.3. The lowest BCUT2D eigenvalue weighted by molar-refractivity contribution is -0.137. The number of hydrogen-bond donors (Lipinski definition) is 1. The Bertz CT molecular complexity index is 626. The molecule has 0 amide bonds. The summed E-state index contributed by atoms with van der Waals surface area (Å²) >= 11 is 0. The summed E-state index contributed by atoms with van der Waals surface area (Å²) in [5.74, 6) is 0. The van der Waals surface area contributed by atoms with E-state index in [-0.39, 0.29) is 6.10 Å². The number of halogens is 3. The number of nitrogens with one attached hydrogen (secondary N) is 1. The Balaban J connectivity index is 2.12. The highest BCUT2D eigenvalue weighted by molar-refractivity contribution is 5.59. The van der Waals surface area contributed by atoms with Crippen LogP contribution < -0.4 is 5.32 Å². The van der Waals surface area contributed by atoms with E-state index in [1.165, 1.54) is 6.07 Å². The summed E-state index contributed by atoms with van der Waals surface area (Å²) < 4.78 is 43.7. The maximum absolute atomic E-state index is 12.7. The molecule has 0 spiro atoms. The van der Waals surface area contributed by atoms with Crippen molar-refractivity contribution in [2.24, 2.45) is 0 Å². The molecule has 0 aliphatic rings. The minimum Gasteiger partial charge on any atom is -0.372 e. The second-order valence-electron chi connectivity index (χ2n) is 5.03. The van der Waals surface area contributed by atoms with Crippen molar-refractivity contribution in [2.45, 2.75) is 32.5 Å². The van der Waals surface area contributed by atoms with Crippen molar-refractivity contribution in [3.63, 3.8) is 0 Å². The molecule has 0 radical (unpaired) electrons. The fourth-order valence-corrected chi connectivity index (χ4v) is 2.22. The van der Waals surface area contributed by atoms with E-state index >= 15 is 0 Å². The number of benzene rings is 1. The fraction of sp³-hybridized carbons (Fsp3) is 0.353. The Morgan fingerprint density at radius 1 is 1.13 bits per heavy atom. The van der Waals surface area contributed by atoms with Crippen LogP contribution in [0.1, 0.15) is 37.6 Å². The van der Waals surface area contributed by atoms with Crippen molar-refractivity contribution < 1.29 is 17.9 Å². The fourth-order valence-electron chi connectivity index (χ4n) is 2.22. The third-order valence-corrected chi connectivity index (χ3v) is 3.33. The van der Waals surface area contributed by atoms with E-state index in [4.69, 9.17) is 4.74 Å². The van der Waals surface area contributed by atoms with E-state index in [2.05, 4.69) is 10.3 Å². The molecule has 1 aromatic carbocycles. The molecule has 0 saturated heterocycles. The van der Waals surface area contributed by atoms with Gasteiger partial charge in [0.05, 0.1) is 29.2 Å². The van der Waals surface area contributed by atoms with Gasteiger partial charge in [0, 0.05) is 12.3 Å². The minimum atomic E-state index is -4.36. The predicted molar refractivity (Wildman–Crippen MR) is 83.6 cm³/mol. The summed E-state index contributed by atoms with van der Waals surface area (Å²) in [5.41, 5.74) is 1.11. The second kappa shape index (κ2) is 7.46. The van der Waals surface area contributed by atoms with Gasteiger partial charge in [-0.05, 0) is 43.7 Å². The van der Waals surface area contributed by atoms with Crippen molar-refractivity contribution in [3.05, 3.63) is 53.9 Å². The Kier molecular flexibility index (Phi) is 5.60. The Hall–Kier alpha value is -2.08. The summed E-state index contributed by atoms with van der Waals surface area (Å²) in [6.07, 6.45) is -2.02. The third kappa shape index (κ3) is 4.69. The topological polar surface area (TPSA) is 34.1 Å². The van der Waals surface area contributed by atoms with Crippen LogP contribution >= 0.6 is 0 Å². The first-order chi connectivity index (χ1) is 10.9. The summed E-state index contributed by atoms with van der Waals surface area (Å²) in [6.45, 7) is 4.54. The van der Waals surface area contributed by atoms with E-state index in [9.17, 15) is 13.2 Å². The molecule has 23 heavy (non-hydrogen) atoms. The molecule has 1 aromatic heterocycles. The largest absolute Gasteiger partial charge is 0.416 e. The highest BCUT2D eigenvalue weighted by atomic mass is 19.4. The van der Waals surface area contributed by atoms with Crippen molar-refractivity contribution in [1.82, 2.24) is 4.98 Å². The number of aromatic nitrogens is 1. The Morgan fingerprint density at radius 3 is 2.48 bits per heavy atom. The van der Waals surface area contributed by atoms with Crippen LogP contribution in [0.3, 0.4) is 0 Å². The molecule has 1 N–H and O–H groups in total. The normalized spacial score (nSPS) is 12.9. The lowest BCUT2D eigenvalue weighted by Crippen LogP contribution is -2.06. The monoisotopic (exact) mass is 324 g/mol. The van der Waals surface area contributed by atoms with E-state index in [1.807, 2.05) is 19.9 Å². The van der Waals surface area contributed by atoms with E-state index in [1.54, 1.807) is 18.3 Å². The molecule has 124 valence electrons. The lowest BCUT2D eigenvalue weighted by Gasteiger charge is -2.15. The molecule has 0 aliphatic heterocycles. The quantitative estimate of drug-likeness (QED) is 0.779. The zero-order chi connectivity index (χ0) is 16.9. The number of ether oxygens (including phenoxy) is 1. The van der Waals surface area contributed by atoms with Gasteiger partial charge in [-0.15, -0.1) is 0 Å². The number of anilines is 2. The number of hydrogen-bond acceptors (Lipinski definition) is 3. The van der Waals surface area contributed by atoms with E-state index in [0.717, 1.165) is 24.2 Å². The minimum absolute atomic E-state index is 0.0670. The smallest absolute Gasteiger partial charge is 0.372 e. The molecule has 3 nitrogen and oxygen atoms in total. The summed E-state index contributed by atoms with van der Waals surface area (Å²) in [4.78, 5) is 4.33. The van der Waals surface area contributed by atoms with Crippen LogP contribution in [0.2, 0.25) is 0 Å². The molecular formula is C17H19F3N2O. The molecule has 6 heteroatoms. The molecular weight excluding hydrogens is 305 g/mol. The molecule has 1 atom stereocenters. The number of nitrogens with zero attached hydrogens (tertiary/aromatic N) is 1. The maximum atomic E-state index is 12.7. The van der Waals surface area contributed by atoms with Crippen LogP contribution in [0.4, 0.5) is 24.5 Å². The van der Waals surface area contributed by atoms with Crippen LogP contribution in [0.25, 0.3) is 0 Å². The third-order valence-electron chi connectivity index (χ3n) is 3.33. The van der Waals surface area contributed by atoms with Crippen LogP contribution in [0, 0.1) is 0 Å². The second-order valence-corrected chi connectivity index (χ2v) is 5.03.